The average Bonchev–Trinajstić information content (AvgIpc) is 2.62. The molecule has 0 atom stereocenters. The highest BCUT2D eigenvalue weighted by molar-refractivity contribution is 5.21. The van der Waals surface area contributed by atoms with Crippen LogP contribution in [0.5, 0.6) is 0 Å². The van der Waals surface area contributed by atoms with Crippen molar-refractivity contribution in [1.82, 2.24) is 24.8 Å². The molecule has 0 spiro atoms. The van der Waals surface area contributed by atoms with Crippen molar-refractivity contribution in [2.75, 3.05) is 7.05 Å². The monoisotopic (exact) mass is 217 g/mol. The Morgan fingerprint density at radius 2 is 1.88 bits per heavy atom. The Morgan fingerprint density at radius 1 is 1.19 bits per heavy atom. The molecule has 0 aliphatic rings. The van der Waals surface area contributed by atoms with Gasteiger partial charge >= 0.3 is 0 Å². The molecule has 0 unspecified atom stereocenters. The summed E-state index contributed by atoms with van der Waals surface area (Å²) in [5.74, 6) is 0.665. The zero-order valence-electron chi connectivity index (χ0n) is 9.73. The number of imidazole rings is 1. The Hall–Kier alpha value is -1.75. The summed E-state index contributed by atoms with van der Waals surface area (Å²) in [4.78, 5) is 12.8. The van der Waals surface area contributed by atoms with E-state index in [-0.39, 0.29) is 0 Å². The molecule has 0 aliphatic carbocycles. The maximum Gasteiger partial charge on any atom is 0.235 e. The molecule has 2 aromatic heterocycles. The van der Waals surface area contributed by atoms with Crippen molar-refractivity contribution in [2.24, 2.45) is 0 Å². The smallest absolute Gasteiger partial charge is 0.235 e. The number of nitrogens with one attached hydrogen (secondary N) is 1. The van der Waals surface area contributed by atoms with Gasteiger partial charge in [-0.15, -0.1) is 0 Å². The summed E-state index contributed by atoms with van der Waals surface area (Å²) in [6.45, 7) is 4.76. The van der Waals surface area contributed by atoms with Gasteiger partial charge in [0.15, 0.2) is 0 Å². The molecular formula is C11H15N5. The molecule has 5 heteroatoms. The molecule has 5 nitrogen and oxygen atoms in total. The molecule has 0 amide bonds. The van der Waals surface area contributed by atoms with Crippen LogP contribution >= 0.6 is 0 Å². The fraction of sp³-hybridized carbons (Fsp3) is 0.364. The molecule has 16 heavy (non-hydrogen) atoms. The lowest BCUT2D eigenvalue weighted by Gasteiger charge is -2.04. The van der Waals surface area contributed by atoms with E-state index in [0.29, 0.717) is 5.95 Å². The lowest BCUT2D eigenvalue weighted by molar-refractivity contribution is 0.796. The minimum atomic E-state index is 0.665. The highest BCUT2D eigenvalue weighted by Gasteiger charge is 2.06. The second kappa shape index (κ2) is 4.40. The molecule has 1 N–H and O–H groups in total. The van der Waals surface area contributed by atoms with E-state index in [1.807, 2.05) is 37.9 Å². The number of hydrogen-bond acceptors (Lipinski definition) is 4. The molecule has 0 saturated heterocycles. The first-order valence-corrected chi connectivity index (χ1v) is 5.19. The highest BCUT2D eigenvalue weighted by Crippen LogP contribution is 2.09. The van der Waals surface area contributed by atoms with Gasteiger partial charge in [-0.3, -0.25) is 4.57 Å². The predicted molar refractivity (Wildman–Crippen MR) is 61.4 cm³/mol. The molecule has 2 rings (SSSR count). The lowest BCUT2D eigenvalue weighted by Crippen LogP contribution is -2.08. The summed E-state index contributed by atoms with van der Waals surface area (Å²) in [6, 6.07) is 0. The van der Waals surface area contributed by atoms with E-state index >= 15 is 0 Å². The van der Waals surface area contributed by atoms with Gasteiger partial charge in [0.1, 0.15) is 6.33 Å². The van der Waals surface area contributed by atoms with E-state index in [1.165, 1.54) is 0 Å². The fourth-order valence-electron chi connectivity index (χ4n) is 1.47. The number of aromatic nitrogens is 4. The van der Waals surface area contributed by atoms with Crippen LogP contribution in [0, 0.1) is 13.8 Å². The average molecular weight is 217 g/mol. The van der Waals surface area contributed by atoms with Crippen LogP contribution in [0.2, 0.25) is 0 Å². The normalized spacial score (nSPS) is 10.7. The van der Waals surface area contributed by atoms with Crippen LogP contribution in [-0.2, 0) is 6.54 Å². The molecule has 0 aromatic carbocycles. The Kier molecular flexibility index (Phi) is 2.96. The van der Waals surface area contributed by atoms with E-state index in [0.717, 1.165) is 23.5 Å². The van der Waals surface area contributed by atoms with Crippen molar-refractivity contribution in [2.45, 2.75) is 20.4 Å². The SMILES string of the molecule is CNCc1cnc(-n2cnc(C)c2C)nc1. The fourth-order valence-corrected chi connectivity index (χ4v) is 1.47. The van der Waals surface area contributed by atoms with Crippen molar-refractivity contribution < 1.29 is 0 Å². The van der Waals surface area contributed by atoms with Crippen molar-refractivity contribution in [3.63, 3.8) is 0 Å². The maximum absolute atomic E-state index is 4.31. The van der Waals surface area contributed by atoms with Crippen molar-refractivity contribution in [3.8, 4) is 5.95 Å². The third-order valence-electron chi connectivity index (χ3n) is 2.54. The van der Waals surface area contributed by atoms with Crippen molar-refractivity contribution >= 4 is 0 Å². The van der Waals surface area contributed by atoms with Crippen LogP contribution in [0.3, 0.4) is 0 Å². The number of nitrogens with zero attached hydrogens (tertiary/aromatic N) is 4. The number of hydrogen-bond donors (Lipinski definition) is 1. The summed E-state index contributed by atoms with van der Waals surface area (Å²) >= 11 is 0. The first kappa shape index (κ1) is 10.8. The first-order chi connectivity index (χ1) is 7.72. The molecule has 2 heterocycles. The highest BCUT2D eigenvalue weighted by atomic mass is 15.2. The summed E-state index contributed by atoms with van der Waals surface area (Å²) in [5.41, 5.74) is 3.14. The van der Waals surface area contributed by atoms with E-state index in [4.69, 9.17) is 0 Å². The summed E-state index contributed by atoms with van der Waals surface area (Å²) < 4.78 is 1.89. The van der Waals surface area contributed by atoms with Crippen LogP contribution in [-0.4, -0.2) is 26.6 Å². The quantitative estimate of drug-likeness (QED) is 0.833. The second-order valence-corrected chi connectivity index (χ2v) is 3.71. The lowest BCUT2D eigenvalue weighted by atomic mass is 10.3. The van der Waals surface area contributed by atoms with E-state index in [1.54, 1.807) is 6.33 Å². The van der Waals surface area contributed by atoms with Crippen LogP contribution in [0.15, 0.2) is 18.7 Å². The van der Waals surface area contributed by atoms with Crippen LogP contribution in [0.1, 0.15) is 17.0 Å². The molecule has 2 aromatic rings. The maximum atomic E-state index is 4.31. The molecule has 0 fully saturated rings. The van der Waals surface area contributed by atoms with Gasteiger partial charge in [0.05, 0.1) is 5.69 Å². The van der Waals surface area contributed by atoms with Gasteiger partial charge in [-0.05, 0) is 20.9 Å². The minimum absolute atomic E-state index is 0.665. The van der Waals surface area contributed by atoms with Gasteiger partial charge in [-0.2, -0.15) is 0 Å². The molecule has 0 radical (unpaired) electrons. The Balaban J connectivity index is 2.31. The first-order valence-electron chi connectivity index (χ1n) is 5.19. The molecular weight excluding hydrogens is 202 g/mol. The standard InChI is InChI=1S/C11H15N5/c1-8-9(2)16(7-15-8)11-13-5-10(4-12-3)6-14-11/h5-7,12H,4H2,1-3H3. The Labute approximate surface area is 94.6 Å². The van der Waals surface area contributed by atoms with Gasteiger partial charge in [0.2, 0.25) is 5.95 Å². The van der Waals surface area contributed by atoms with Crippen LogP contribution < -0.4 is 5.32 Å². The number of rotatable bonds is 3. The Bertz CT molecular complexity index is 472. The van der Waals surface area contributed by atoms with Gasteiger partial charge in [-0.25, -0.2) is 15.0 Å². The molecule has 0 saturated carbocycles. The number of aryl methyl sites for hydroxylation is 1. The van der Waals surface area contributed by atoms with E-state index in [9.17, 15) is 0 Å². The zero-order valence-corrected chi connectivity index (χ0v) is 9.73. The third-order valence-corrected chi connectivity index (χ3v) is 2.54. The predicted octanol–water partition coefficient (Wildman–Crippen LogP) is 0.999. The summed E-state index contributed by atoms with van der Waals surface area (Å²) in [5, 5.41) is 3.06. The van der Waals surface area contributed by atoms with E-state index in [2.05, 4.69) is 20.3 Å². The largest absolute Gasteiger partial charge is 0.316 e. The second-order valence-electron chi connectivity index (χ2n) is 3.71. The van der Waals surface area contributed by atoms with Gasteiger partial charge in [-0.1, -0.05) is 0 Å². The van der Waals surface area contributed by atoms with Crippen molar-refractivity contribution in [3.05, 3.63) is 35.7 Å². The van der Waals surface area contributed by atoms with Crippen LogP contribution in [0.4, 0.5) is 0 Å². The molecule has 0 bridgehead atoms. The molecule has 84 valence electrons. The molecule has 0 aliphatic heterocycles. The summed E-state index contributed by atoms with van der Waals surface area (Å²) in [7, 11) is 1.90. The van der Waals surface area contributed by atoms with Gasteiger partial charge in [0.25, 0.3) is 0 Å². The zero-order chi connectivity index (χ0) is 11.5. The van der Waals surface area contributed by atoms with E-state index < -0.39 is 0 Å². The van der Waals surface area contributed by atoms with Crippen molar-refractivity contribution in [1.29, 1.82) is 0 Å². The van der Waals surface area contributed by atoms with Gasteiger partial charge in [0, 0.05) is 30.2 Å². The Morgan fingerprint density at radius 3 is 2.38 bits per heavy atom. The third kappa shape index (κ3) is 1.94. The van der Waals surface area contributed by atoms with Crippen LogP contribution in [0.25, 0.3) is 5.95 Å². The van der Waals surface area contributed by atoms with Gasteiger partial charge < -0.3 is 5.32 Å². The summed E-state index contributed by atoms with van der Waals surface area (Å²) in [6.07, 6.45) is 5.40. The topological polar surface area (TPSA) is 55.6 Å². The minimum Gasteiger partial charge on any atom is -0.316 e.